The molecule has 0 aromatic rings. The van der Waals surface area contributed by atoms with E-state index in [1.807, 2.05) is 4.90 Å². The van der Waals surface area contributed by atoms with Crippen LogP contribution in [0.3, 0.4) is 0 Å². The van der Waals surface area contributed by atoms with Gasteiger partial charge in [0.15, 0.2) is 9.84 Å². The van der Waals surface area contributed by atoms with E-state index in [-0.39, 0.29) is 11.5 Å². The minimum Gasteiger partial charge on any atom is -0.368 e. The van der Waals surface area contributed by atoms with Crippen molar-refractivity contribution in [1.82, 2.24) is 10.2 Å². The number of rotatable bonds is 4. The van der Waals surface area contributed by atoms with Crippen LogP contribution in [0.25, 0.3) is 0 Å². The summed E-state index contributed by atoms with van der Waals surface area (Å²) in [5, 5.41) is 2.88. The molecule has 1 rings (SSSR count). The van der Waals surface area contributed by atoms with Gasteiger partial charge in [-0.2, -0.15) is 0 Å². The Hall–Kier alpha value is -0.660. The lowest BCUT2D eigenvalue weighted by atomic mass is 10.0. The number of hydrogen-bond donors (Lipinski definition) is 2. The van der Waals surface area contributed by atoms with E-state index in [1.165, 1.54) is 0 Å². The molecule has 94 valence electrons. The van der Waals surface area contributed by atoms with Crippen molar-refractivity contribution >= 4 is 15.7 Å². The molecule has 1 amide bonds. The first kappa shape index (κ1) is 13.4. The van der Waals surface area contributed by atoms with E-state index >= 15 is 0 Å². The fourth-order valence-electron chi connectivity index (χ4n) is 1.64. The Bertz CT molecular complexity index is 354. The highest BCUT2D eigenvalue weighted by atomic mass is 32.2. The van der Waals surface area contributed by atoms with Crippen molar-refractivity contribution in [3.05, 3.63) is 0 Å². The first-order valence-electron chi connectivity index (χ1n) is 5.21. The minimum atomic E-state index is -2.88. The molecule has 3 N–H and O–H groups in total. The molecular weight excluding hydrogens is 230 g/mol. The van der Waals surface area contributed by atoms with Gasteiger partial charge in [-0.1, -0.05) is 0 Å². The monoisotopic (exact) mass is 249 g/mol. The van der Waals surface area contributed by atoms with Crippen molar-refractivity contribution in [2.45, 2.75) is 12.5 Å². The van der Waals surface area contributed by atoms with E-state index < -0.39 is 21.3 Å². The van der Waals surface area contributed by atoms with E-state index in [1.54, 1.807) is 14.0 Å². The number of nitrogens with one attached hydrogen (secondary N) is 1. The van der Waals surface area contributed by atoms with Gasteiger partial charge < -0.3 is 11.1 Å². The largest absolute Gasteiger partial charge is 0.368 e. The summed E-state index contributed by atoms with van der Waals surface area (Å²) >= 11 is 0. The number of amides is 1. The zero-order valence-electron chi connectivity index (χ0n) is 9.69. The van der Waals surface area contributed by atoms with Gasteiger partial charge in [0.1, 0.15) is 5.54 Å². The van der Waals surface area contributed by atoms with Crippen LogP contribution < -0.4 is 11.1 Å². The van der Waals surface area contributed by atoms with Gasteiger partial charge in [-0.3, -0.25) is 9.69 Å². The van der Waals surface area contributed by atoms with Crippen LogP contribution >= 0.6 is 0 Å². The van der Waals surface area contributed by atoms with Crippen molar-refractivity contribution in [3.8, 4) is 0 Å². The van der Waals surface area contributed by atoms with Crippen LogP contribution in [0.15, 0.2) is 0 Å². The predicted molar refractivity (Wildman–Crippen MR) is 61.8 cm³/mol. The topological polar surface area (TPSA) is 92.5 Å². The number of primary amides is 1. The summed E-state index contributed by atoms with van der Waals surface area (Å²) in [4.78, 5) is 13.2. The molecule has 0 bridgehead atoms. The molecular formula is C9H19N3O3S. The van der Waals surface area contributed by atoms with Gasteiger partial charge in [0.25, 0.3) is 0 Å². The molecule has 1 heterocycles. The minimum absolute atomic E-state index is 0.158. The van der Waals surface area contributed by atoms with Gasteiger partial charge in [-0.15, -0.1) is 0 Å². The third kappa shape index (κ3) is 3.16. The van der Waals surface area contributed by atoms with Crippen molar-refractivity contribution in [2.24, 2.45) is 5.73 Å². The molecule has 1 unspecified atom stereocenters. The Morgan fingerprint density at radius 2 is 1.94 bits per heavy atom. The molecule has 7 heteroatoms. The summed E-state index contributed by atoms with van der Waals surface area (Å²) in [5.41, 5.74) is 4.50. The molecule has 0 radical (unpaired) electrons. The number of likely N-dealkylation sites (N-methyl/N-ethyl adjacent to an activating group) is 1. The van der Waals surface area contributed by atoms with Crippen molar-refractivity contribution in [2.75, 3.05) is 38.2 Å². The van der Waals surface area contributed by atoms with Crippen molar-refractivity contribution in [3.63, 3.8) is 0 Å². The van der Waals surface area contributed by atoms with Crippen LogP contribution in [0, 0.1) is 0 Å². The lowest BCUT2D eigenvalue weighted by molar-refractivity contribution is -0.124. The molecule has 6 nitrogen and oxygen atoms in total. The zero-order chi connectivity index (χ0) is 12.4. The standard InChI is InChI=1S/C9H19N3O3S/c1-9(11-2,8(10)13)7-12-3-5-16(14,15)6-4-12/h11H,3-7H2,1-2H3,(H2,10,13). The molecule has 0 spiro atoms. The molecule has 0 aromatic carbocycles. The van der Waals surface area contributed by atoms with E-state index in [4.69, 9.17) is 5.73 Å². The second-order valence-electron chi connectivity index (χ2n) is 4.37. The highest BCUT2D eigenvalue weighted by Gasteiger charge is 2.33. The first-order valence-corrected chi connectivity index (χ1v) is 7.03. The molecule has 1 aliphatic rings. The first-order chi connectivity index (χ1) is 7.29. The summed E-state index contributed by atoms with van der Waals surface area (Å²) in [6.45, 7) is 3.09. The van der Waals surface area contributed by atoms with Gasteiger partial charge in [-0.05, 0) is 14.0 Å². The highest BCUT2D eigenvalue weighted by molar-refractivity contribution is 7.91. The number of hydrogen-bond acceptors (Lipinski definition) is 5. The number of nitrogens with two attached hydrogens (primary N) is 1. The lowest BCUT2D eigenvalue weighted by Gasteiger charge is -2.34. The second kappa shape index (κ2) is 4.68. The fourth-order valence-corrected chi connectivity index (χ4v) is 2.91. The lowest BCUT2D eigenvalue weighted by Crippen LogP contribution is -2.60. The predicted octanol–water partition coefficient (Wildman–Crippen LogP) is -1.82. The normalized spacial score (nSPS) is 24.9. The Balaban J connectivity index is 2.59. The SMILES string of the molecule is CNC(C)(CN1CCS(=O)(=O)CC1)C(N)=O. The van der Waals surface area contributed by atoms with Crippen LogP contribution in [0.4, 0.5) is 0 Å². The molecule has 0 saturated carbocycles. The molecule has 0 aliphatic carbocycles. The van der Waals surface area contributed by atoms with E-state index in [0.29, 0.717) is 19.6 Å². The quantitative estimate of drug-likeness (QED) is 0.612. The average molecular weight is 249 g/mol. The molecule has 16 heavy (non-hydrogen) atoms. The summed E-state index contributed by atoms with van der Waals surface area (Å²) in [7, 11) is -1.20. The number of carbonyl (C=O) groups excluding carboxylic acids is 1. The molecule has 1 atom stereocenters. The van der Waals surface area contributed by atoms with Crippen molar-refractivity contribution in [1.29, 1.82) is 0 Å². The smallest absolute Gasteiger partial charge is 0.238 e. The van der Waals surface area contributed by atoms with Crippen molar-refractivity contribution < 1.29 is 13.2 Å². The van der Waals surface area contributed by atoms with E-state index in [9.17, 15) is 13.2 Å². The van der Waals surface area contributed by atoms with Gasteiger partial charge in [0, 0.05) is 19.6 Å². The molecule has 0 aromatic heterocycles. The van der Waals surface area contributed by atoms with Crippen LogP contribution in [-0.4, -0.2) is 63.0 Å². The van der Waals surface area contributed by atoms with E-state index in [2.05, 4.69) is 5.32 Å². The molecule has 1 saturated heterocycles. The van der Waals surface area contributed by atoms with Gasteiger partial charge in [0.05, 0.1) is 11.5 Å². The Morgan fingerprint density at radius 3 is 2.31 bits per heavy atom. The number of carbonyl (C=O) groups is 1. The third-order valence-corrected chi connectivity index (χ3v) is 4.68. The summed E-state index contributed by atoms with van der Waals surface area (Å²) in [6.07, 6.45) is 0. The fraction of sp³-hybridized carbons (Fsp3) is 0.889. The van der Waals surface area contributed by atoms with Gasteiger partial charge >= 0.3 is 0 Å². The van der Waals surface area contributed by atoms with E-state index in [0.717, 1.165) is 0 Å². The number of nitrogens with zero attached hydrogens (tertiary/aromatic N) is 1. The maximum atomic E-state index is 11.3. The van der Waals surface area contributed by atoms with Crippen LogP contribution in [0.1, 0.15) is 6.92 Å². The van der Waals surface area contributed by atoms with Crippen LogP contribution in [-0.2, 0) is 14.6 Å². The highest BCUT2D eigenvalue weighted by Crippen LogP contribution is 2.10. The third-order valence-electron chi connectivity index (χ3n) is 3.07. The van der Waals surface area contributed by atoms with Gasteiger partial charge in [0.2, 0.25) is 5.91 Å². The Labute approximate surface area is 96.1 Å². The Kier molecular flexibility index (Phi) is 3.92. The average Bonchev–Trinajstić information content (AvgIpc) is 2.21. The summed E-state index contributed by atoms with van der Waals surface area (Å²) < 4.78 is 22.5. The van der Waals surface area contributed by atoms with Crippen LogP contribution in [0.2, 0.25) is 0 Å². The maximum absolute atomic E-state index is 11.3. The summed E-state index contributed by atoms with van der Waals surface area (Å²) in [5.74, 6) is -0.111. The molecule has 1 aliphatic heterocycles. The maximum Gasteiger partial charge on any atom is 0.238 e. The second-order valence-corrected chi connectivity index (χ2v) is 6.68. The number of sulfone groups is 1. The van der Waals surface area contributed by atoms with Crippen LogP contribution in [0.5, 0.6) is 0 Å². The summed E-state index contributed by atoms with van der Waals surface area (Å²) in [6, 6.07) is 0. The zero-order valence-corrected chi connectivity index (χ0v) is 10.5. The van der Waals surface area contributed by atoms with Gasteiger partial charge in [-0.25, -0.2) is 8.42 Å². The molecule has 1 fully saturated rings. The Morgan fingerprint density at radius 1 is 1.44 bits per heavy atom.